The van der Waals surface area contributed by atoms with Gasteiger partial charge in [-0.05, 0) is 40.6 Å². The zero-order valence-corrected chi connectivity index (χ0v) is 11.2. The number of carboxylic acid groups (broad SMARTS) is 1. The van der Waals surface area contributed by atoms with Crippen LogP contribution in [0.25, 0.3) is 0 Å². The molecule has 0 atom stereocenters. The number of carbonyl (C=O) groups is 1. The maximum atomic E-state index is 11.1. The first-order chi connectivity index (χ1) is 8.16. The molecule has 1 aromatic carbocycles. The lowest BCUT2D eigenvalue weighted by atomic mass is 10.1. The Labute approximate surface area is 111 Å². The predicted molar refractivity (Wildman–Crippen MR) is 72.7 cm³/mol. The number of nitrogens with one attached hydrogen (secondary N) is 1. The van der Waals surface area contributed by atoms with E-state index in [1.165, 1.54) is 0 Å². The van der Waals surface area contributed by atoms with Crippen LogP contribution in [0.1, 0.15) is 15.9 Å². The standard InChI is InChI=1S/C12H10BrNO2S/c13-9-1-2-11(10(5-9)12(15)16)14-6-8-3-4-17-7-8/h1-5,7,14H,6H2,(H,15,16). The normalized spacial score (nSPS) is 10.2. The number of anilines is 1. The van der Waals surface area contributed by atoms with Gasteiger partial charge in [-0.1, -0.05) is 15.9 Å². The summed E-state index contributed by atoms with van der Waals surface area (Å²) in [4.78, 5) is 11.1. The molecule has 0 spiro atoms. The van der Waals surface area contributed by atoms with E-state index in [0.717, 1.165) is 10.0 Å². The number of carboxylic acids is 1. The smallest absolute Gasteiger partial charge is 0.337 e. The van der Waals surface area contributed by atoms with Gasteiger partial charge in [-0.3, -0.25) is 0 Å². The van der Waals surface area contributed by atoms with Gasteiger partial charge in [-0.2, -0.15) is 11.3 Å². The maximum Gasteiger partial charge on any atom is 0.337 e. The van der Waals surface area contributed by atoms with E-state index >= 15 is 0 Å². The molecule has 2 N–H and O–H groups in total. The van der Waals surface area contributed by atoms with E-state index in [9.17, 15) is 4.79 Å². The molecule has 17 heavy (non-hydrogen) atoms. The maximum absolute atomic E-state index is 11.1. The van der Waals surface area contributed by atoms with Gasteiger partial charge in [0.25, 0.3) is 0 Å². The minimum Gasteiger partial charge on any atom is -0.478 e. The van der Waals surface area contributed by atoms with Crippen LogP contribution < -0.4 is 5.32 Å². The third kappa shape index (κ3) is 3.08. The van der Waals surface area contributed by atoms with Gasteiger partial charge in [0.2, 0.25) is 0 Å². The summed E-state index contributed by atoms with van der Waals surface area (Å²) >= 11 is 4.89. The first-order valence-corrected chi connectivity index (χ1v) is 6.68. The lowest BCUT2D eigenvalue weighted by Crippen LogP contribution is -2.05. The van der Waals surface area contributed by atoms with Crippen LogP contribution in [0.5, 0.6) is 0 Å². The van der Waals surface area contributed by atoms with Gasteiger partial charge in [-0.15, -0.1) is 0 Å². The molecule has 3 nitrogen and oxygen atoms in total. The number of hydrogen-bond donors (Lipinski definition) is 2. The molecule has 2 aromatic rings. The van der Waals surface area contributed by atoms with Crippen molar-refractivity contribution in [1.29, 1.82) is 0 Å². The lowest BCUT2D eigenvalue weighted by molar-refractivity contribution is 0.0698. The average molecular weight is 312 g/mol. The minimum absolute atomic E-state index is 0.273. The van der Waals surface area contributed by atoms with Gasteiger partial charge in [0.05, 0.1) is 5.56 Å². The highest BCUT2D eigenvalue weighted by molar-refractivity contribution is 9.10. The van der Waals surface area contributed by atoms with Crippen molar-refractivity contribution < 1.29 is 9.90 Å². The lowest BCUT2D eigenvalue weighted by Gasteiger charge is -2.09. The number of thiophene rings is 1. The molecule has 0 unspecified atom stereocenters. The number of aromatic carboxylic acids is 1. The predicted octanol–water partition coefficient (Wildman–Crippen LogP) is 3.82. The van der Waals surface area contributed by atoms with Crippen molar-refractivity contribution in [3.05, 3.63) is 50.6 Å². The Bertz CT molecular complexity index is 525. The van der Waals surface area contributed by atoms with E-state index in [4.69, 9.17) is 5.11 Å². The molecule has 0 fully saturated rings. The largest absolute Gasteiger partial charge is 0.478 e. The molecule has 2 rings (SSSR count). The van der Waals surface area contributed by atoms with Crippen LogP contribution in [0, 0.1) is 0 Å². The van der Waals surface area contributed by atoms with Crippen molar-refractivity contribution in [3.8, 4) is 0 Å². The Hall–Kier alpha value is -1.33. The van der Waals surface area contributed by atoms with Crippen molar-refractivity contribution in [2.75, 3.05) is 5.32 Å². The molecule has 0 aliphatic carbocycles. The first kappa shape index (κ1) is 12.1. The Kier molecular flexibility index (Phi) is 3.81. The summed E-state index contributed by atoms with van der Waals surface area (Å²) in [5.74, 6) is -0.931. The number of rotatable bonds is 4. The molecule has 1 aromatic heterocycles. The molecule has 0 bridgehead atoms. The first-order valence-electron chi connectivity index (χ1n) is 4.94. The third-order valence-electron chi connectivity index (χ3n) is 2.28. The molecule has 88 valence electrons. The Morgan fingerprint density at radius 3 is 2.88 bits per heavy atom. The summed E-state index contributed by atoms with van der Waals surface area (Å²) in [5.41, 5.74) is 2.05. The SMILES string of the molecule is O=C(O)c1cc(Br)ccc1NCc1ccsc1. The molecule has 0 aliphatic rings. The van der Waals surface area contributed by atoms with Crippen molar-refractivity contribution >= 4 is 38.9 Å². The van der Waals surface area contributed by atoms with Gasteiger partial charge in [0, 0.05) is 16.7 Å². The molecule has 0 aliphatic heterocycles. The fourth-order valence-corrected chi connectivity index (χ4v) is 2.47. The second-order valence-corrected chi connectivity index (χ2v) is 5.18. The van der Waals surface area contributed by atoms with E-state index in [0.29, 0.717) is 12.2 Å². The molecule has 0 radical (unpaired) electrons. The van der Waals surface area contributed by atoms with E-state index in [2.05, 4.69) is 21.2 Å². The summed E-state index contributed by atoms with van der Waals surface area (Å²) in [7, 11) is 0. The summed E-state index contributed by atoms with van der Waals surface area (Å²) in [6.45, 7) is 0.630. The van der Waals surface area contributed by atoms with Crippen LogP contribution in [0.2, 0.25) is 0 Å². The molecule has 0 amide bonds. The van der Waals surface area contributed by atoms with E-state index in [1.54, 1.807) is 23.5 Å². The summed E-state index contributed by atoms with van der Waals surface area (Å²) in [5, 5.41) is 16.2. The monoisotopic (exact) mass is 311 g/mol. The van der Waals surface area contributed by atoms with Crippen molar-refractivity contribution in [2.24, 2.45) is 0 Å². The zero-order valence-electron chi connectivity index (χ0n) is 8.81. The Morgan fingerprint density at radius 1 is 1.41 bits per heavy atom. The second-order valence-electron chi connectivity index (χ2n) is 3.48. The van der Waals surface area contributed by atoms with Gasteiger partial charge in [0.15, 0.2) is 0 Å². The molecule has 0 saturated heterocycles. The number of halogens is 1. The molecule has 5 heteroatoms. The Morgan fingerprint density at radius 2 is 2.24 bits per heavy atom. The van der Waals surface area contributed by atoms with Crippen LogP contribution in [0.4, 0.5) is 5.69 Å². The van der Waals surface area contributed by atoms with Gasteiger partial charge >= 0.3 is 5.97 Å². The van der Waals surface area contributed by atoms with Crippen LogP contribution >= 0.6 is 27.3 Å². The van der Waals surface area contributed by atoms with Crippen molar-refractivity contribution in [1.82, 2.24) is 0 Å². The van der Waals surface area contributed by atoms with E-state index < -0.39 is 5.97 Å². The molecular formula is C12H10BrNO2S. The summed E-state index contributed by atoms with van der Waals surface area (Å²) < 4.78 is 0.760. The molecule has 0 saturated carbocycles. The summed E-state index contributed by atoms with van der Waals surface area (Å²) in [6.07, 6.45) is 0. The van der Waals surface area contributed by atoms with Crippen LogP contribution in [-0.4, -0.2) is 11.1 Å². The van der Waals surface area contributed by atoms with Gasteiger partial charge in [-0.25, -0.2) is 4.79 Å². The topological polar surface area (TPSA) is 49.3 Å². The van der Waals surface area contributed by atoms with Crippen LogP contribution in [0.3, 0.4) is 0 Å². The highest BCUT2D eigenvalue weighted by atomic mass is 79.9. The number of benzene rings is 1. The minimum atomic E-state index is -0.931. The third-order valence-corrected chi connectivity index (χ3v) is 3.50. The fraction of sp³-hybridized carbons (Fsp3) is 0.0833. The van der Waals surface area contributed by atoms with Gasteiger partial charge in [0.1, 0.15) is 0 Å². The number of hydrogen-bond acceptors (Lipinski definition) is 3. The van der Waals surface area contributed by atoms with Gasteiger partial charge < -0.3 is 10.4 Å². The van der Waals surface area contributed by atoms with Crippen LogP contribution in [0.15, 0.2) is 39.5 Å². The Balaban J connectivity index is 2.17. The highest BCUT2D eigenvalue weighted by Crippen LogP contribution is 2.22. The summed E-state index contributed by atoms with van der Waals surface area (Å²) in [6, 6.07) is 7.19. The highest BCUT2D eigenvalue weighted by Gasteiger charge is 2.10. The molecule has 1 heterocycles. The zero-order chi connectivity index (χ0) is 12.3. The van der Waals surface area contributed by atoms with Crippen molar-refractivity contribution in [3.63, 3.8) is 0 Å². The van der Waals surface area contributed by atoms with E-state index in [1.807, 2.05) is 22.9 Å². The second kappa shape index (κ2) is 5.33. The van der Waals surface area contributed by atoms with Crippen molar-refractivity contribution in [2.45, 2.75) is 6.54 Å². The van der Waals surface area contributed by atoms with Crippen LogP contribution in [-0.2, 0) is 6.54 Å². The quantitative estimate of drug-likeness (QED) is 0.902. The average Bonchev–Trinajstić information content (AvgIpc) is 2.80. The molecular weight excluding hydrogens is 302 g/mol. The van der Waals surface area contributed by atoms with E-state index in [-0.39, 0.29) is 5.56 Å². The fourth-order valence-electron chi connectivity index (χ4n) is 1.44.